The molecule has 1 aromatic heterocycles. The van der Waals surface area contributed by atoms with Crippen LogP contribution in [-0.4, -0.2) is 43.2 Å². The Labute approximate surface area is 267 Å². The third-order valence-electron chi connectivity index (χ3n) is 7.44. The maximum atomic E-state index is 14.4. The van der Waals surface area contributed by atoms with Gasteiger partial charge in [-0.05, 0) is 36.8 Å². The van der Waals surface area contributed by atoms with Crippen LogP contribution in [0, 0.1) is 27.2 Å². The number of non-ortho nitro benzene ring substituents is 1. The first kappa shape index (κ1) is 30.3. The molecule has 0 saturated carbocycles. The number of nitro benzene ring substituents is 2. The van der Waals surface area contributed by atoms with Gasteiger partial charge in [-0.15, -0.1) is 0 Å². The molecule has 1 atom stereocenters. The number of nitro groups is 2. The molecule has 14 heteroatoms. The van der Waals surface area contributed by atoms with Gasteiger partial charge < -0.3 is 15.5 Å². The van der Waals surface area contributed by atoms with Gasteiger partial charge in [0.05, 0.1) is 33.9 Å². The van der Waals surface area contributed by atoms with Crippen molar-refractivity contribution >= 4 is 40.4 Å². The number of benzodiazepines with no additional fused rings is 1. The topological polar surface area (TPSA) is 178 Å². The first-order chi connectivity index (χ1) is 22.7. The lowest BCUT2D eigenvalue weighted by atomic mass is 10.0. The third kappa shape index (κ3) is 6.28. The largest absolute Gasteiger partial charge is 0.321 e. The van der Waals surface area contributed by atoms with E-state index < -0.39 is 39.3 Å². The molecule has 2 heterocycles. The molecule has 0 radical (unpaired) electrons. The summed E-state index contributed by atoms with van der Waals surface area (Å²) >= 11 is 0. The molecule has 5 aromatic rings. The fourth-order valence-electron chi connectivity index (χ4n) is 5.31. The number of aliphatic imine (C=N–C) groups is 1. The summed E-state index contributed by atoms with van der Waals surface area (Å²) < 4.78 is 1.40. The zero-order valence-corrected chi connectivity index (χ0v) is 24.8. The van der Waals surface area contributed by atoms with Crippen molar-refractivity contribution in [2.24, 2.45) is 4.99 Å². The van der Waals surface area contributed by atoms with Gasteiger partial charge in [-0.3, -0.25) is 29.6 Å². The summed E-state index contributed by atoms with van der Waals surface area (Å²) in [6.45, 7) is 1.70. The van der Waals surface area contributed by atoms with Crippen molar-refractivity contribution in [2.75, 3.05) is 10.2 Å². The van der Waals surface area contributed by atoms with E-state index in [1.807, 2.05) is 49.4 Å². The van der Waals surface area contributed by atoms with Crippen LogP contribution in [0.3, 0.4) is 0 Å². The minimum Gasteiger partial charge on any atom is -0.308 e. The molecule has 1 aliphatic heterocycles. The Balaban J connectivity index is 1.42. The number of aromatic nitrogens is 2. The Morgan fingerprint density at radius 3 is 2.40 bits per heavy atom. The number of benzene rings is 4. The Hall–Kier alpha value is -6.70. The molecule has 0 aliphatic carbocycles. The molecule has 6 rings (SSSR count). The van der Waals surface area contributed by atoms with E-state index in [1.54, 1.807) is 36.4 Å². The molecule has 47 heavy (non-hydrogen) atoms. The van der Waals surface area contributed by atoms with Gasteiger partial charge in [0.15, 0.2) is 0 Å². The third-order valence-corrected chi connectivity index (χ3v) is 7.44. The predicted molar refractivity (Wildman–Crippen MR) is 174 cm³/mol. The number of imidazole rings is 1. The molecular weight excluding hydrogens is 604 g/mol. The Morgan fingerprint density at radius 1 is 0.894 bits per heavy atom. The fraction of sp³-hybridized carbons (Fsp3) is 0.0909. The van der Waals surface area contributed by atoms with Crippen LogP contribution in [0.1, 0.15) is 22.5 Å². The van der Waals surface area contributed by atoms with Crippen molar-refractivity contribution in [3.05, 3.63) is 152 Å². The number of carbonyl (C=O) groups excluding carboxylic acids is 2. The fourth-order valence-corrected chi connectivity index (χ4v) is 5.31. The van der Waals surface area contributed by atoms with E-state index in [1.165, 1.54) is 27.9 Å². The van der Waals surface area contributed by atoms with Crippen LogP contribution < -0.4 is 15.5 Å². The highest BCUT2D eigenvalue weighted by atomic mass is 16.6. The van der Waals surface area contributed by atoms with Crippen LogP contribution in [0.15, 0.2) is 114 Å². The molecule has 1 aliphatic rings. The number of nitrogens with one attached hydrogen (secondary N) is 2. The van der Waals surface area contributed by atoms with Crippen LogP contribution in [0.4, 0.5) is 27.5 Å². The average Bonchev–Trinajstić information content (AvgIpc) is 3.49. The number of urea groups is 1. The first-order valence-corrected chi connectivity index (χ1v) is 14.3. The summed E-state index contributed by atoms with van der Waals surface area (Å²) in [4.78, 5) is 59.9. The molecule has 0 spiro atoms. The number of rotatable bonds is 8. The minimum absolute atomic E-state index is 0.0251. The summed E-state index contributed by atoms with van der Waals surface area (Å²) in [6.07, 6.45) is 1.50. The molecule has 0 saturated heterocycles. The number of para-hydroxylation sites is 1. The lowest BCUT2D eigenvalue weighted by Gasteiger charge is -2.25. The van der Waals surface area contributed by atoms with Crippen molar-refractivity contribution < 1.29 is 19.4 Å². The number of hydrogen-bond donors (Lipinski definition) is 2. The normalized spacial score (nSPS) is 14.1. The van der Waals surface area contributed by atoms with Crippen molar-refractivity contribution in [1.29, 1.82) is 0 Å². The van der Waals surface area contributed by atoms with Crippen molar-refractivity contribution in [3.63, 3.8) is 0 Å². The average molecular weight is 631 g/mol. The molecule has 4 aromatic carbocycles. The highest BCUT2D eigenvalue weighted by molar-refractivity contribution is 6.20. The van der Waals surface area contributed by atoms with Crippen LogP contribution in [0.2, 0.25) is 0 Å². The number of hydrogen-bond acceptors (Lipinski definition) is 8. The van der Waals surface area contributed by atoms with E-state index >= 15 is 0 Å². The van der Waals surface area contributed by atoms with Crippen LogP contribution in [0.5, 0.6) is 0 Å². The van der Waals surface area contributed by atoms with E-state index in [0.29, 0.717) is 28.2 Å². The van der Waals surface area contributed by atoms with Gasteiger partial charge in [0.1, 0.15) is 11.5 Å². The number of aryl methyl sites for hydroxylation is 1. The van der Waals surface area contributed by atoms with Gasteiger partial charge in [-0.1, -0.05) is 60.7 Å². The number of carbonyl (C=O) groups is 2. The number of anilines is 2. The predicted octanol–water partition coefficient (Wildman–Crippen LogP) is 5.53. The van der Waals surface area contributed by atoms with E-state index in [2.05, 4.69) is 15.6 Å². The molecule has 1 unspecified atom stereocenters. The second kappa shape index (κ2) is 12.7. The number of nitrogens with zero attached hydrogens (tertiary/aromatic N) is 6. The molecule has 0 fully saturated rings. The molecule has 0 bridgehead atoms. The van der Waals surface area contributed by atoms with E-state index in [0.717, 1.165) is 17.7 Å². The number of amides is 3. The summed E-state index contributed by atoms with van der Waals surface area (Å²) in [5.41, 5.74) is 2.79. The lowest BCUT2D eigenvalue weighted by molar-refractivity contribution is -0.394. The summed E-state index contributed by atoms with van der Waals surface area (Å²) in [7, 11) is 0. The van der Waals surface area contributed by atoms with Crippen LogP contribution >= 0.6 is 0 Å². The van der Waals surface area contributed by atoms with Gasteiger partial charge >= 0.3 is 6.03 Å². The van der Waals surface area contributed by atoms with Crippen molar-refractivity contribution in [1.82, 2.24) is 14.9 Å². The standard InChI is InChI=1S/C33H26N8O6/c1-21-8-7-11-23(18-21)35-33(43)37-31-32(42)39(26-13-6-5-12-25(26)30(36-31)22-9-3-2-4-10-22)20-29-34-16-17-38(29)27-15-14-24(40(44)45)19-28(27)41(46)47/h2-19,31H,20H2,1H3,(H2,35,37,43). The Morgan fingerprint density at radius 2 is 1.66 bits per heavy atom. The van der Waals surface area contributed by atoms with Crippen molar-refractivity contribution in [2.45, 2.75) is 19.6 Å². The van der Waals surface area contributed by atoms with E-state index in [9.17, 15) is 29.8 Å². The summed E-state index contributed by atoms with van der Waals surface area (Å²) in [5, 5.41) is 28.7. The molecule has 234 valence electrons. The molecular formula is C33H26N8O6. The highest BCUT2D eigenvalue weighted by Crippen LogP contribution is 2.32. The maximum absolute atomic E-state index is 14.4. The SMILES string of the molecule is Cc1cccc(NC(=O)NC2N=C(c3ccccc3)c3ccccc3N(Cc3nccn3-c3ccc([N+](=O)[O-])cc3[N+](=O)[O-])C2=O)c1. The maximum Gasteiger partial charge on any atom is 0.321 e. The smallest absolute Gasteiger partial charge is 0.308 e. The van der Waals surface area contributed by atoms with Gasteiger partial charge in [-0.25, -0.2) is 14.8 Å². The number of fused-ring (bicyclic) bond motifs is 1. The van der Waals surface area contributed by atoms with Crippen molar-refractivity contribution in [3.8, 4) is 5.69 Å². The Kier molecular flexibility index (Phi) is 8.21. The lowest BCUT2D eigenvalue weighted by Crippen LogP contribution is -2.48. The highest BCUT2D eigenvalue weighted by Gasteiger charge is 2.34. The summed E-state index contributed by atoms with van der Waals surface area (Å²) in [5.74, 6) is -0.369. The quantitative estimate of drug-likeness (QED) is 0.167. The second-order valence-electron chi connectivity index (χ2n) is 10.6. The van der Waals surface area contributed by atoms with Crippen LogP contribution in [0.25, 0.3) is 5.69 Å². The monoisotopic (exact) mass is 630 g/mol. The zero-order valence-electron chi connectivity index (χ0n) is 24.8. The summed E-state index contributed by atoms with van der Waals surface area (Å²) in [6, 6.07) is 26.2. The van der Waals surface area contributed by atoms with Gasteiger partial charge in [-0.2, -0.15) is 0 Å². The molecule has 2 N–H and O–H groups in total. The van der Waals surface area contributed by atoms with Gasteiger partial charge in [0, 0.05) is 35.3 Å². The molecule has 3 amide bonds. The minimum atomic E-state index is -1.38. The van der Waals surface area contributed by atoms with Gasteiger partial charge in [0.2, 0.25) is 6.17 Å². The van der Waals surface area contributed by atoms with Gasteiger partial charge in [0.25, 0.3) is 17.3 Å². The molecule has 14 nitrogen and oxygen atoms in total. The zero-order chi connectivity index (χ0) is 33.1. The Bertz CT molecular complexity index is 2060. The van der Waals surface area contributed by atoms with Crippen LogP contribution in [-0.2, 0) is 11.3 Å². The first-order valence-electron chi connectivity index (χ1n) is 14.3. The second-order valence-corrected chi connectivity index (χ2v) is 10.6. The van der Waals surface area contributed by atoms with E-state index in [4.69, 9.17) is 4.99 Å². The van der Waals surface area contributed by atoms with E-state index in [-0.39, 0.29) is 18.1 Å².